The Kier molecular flexibility index (Phi) is 6.35. The number of nitro benzene ring substituents is 1. The van der Waals surface area contributed by atoms with E-state index in [-0.39, 0.29) is 17.0 Å². The minimum Gasteiger partial charge on any atom is -0.466 e. The van der Waals surface area contributed by atoms with Gasteiger partial charge >= 0.3 is 0 Å². The van der Waals surface area contributed by atoms with Crippen molar-refractivity contribution in [2.45, 2.75) is 10.0 Å². The van der Waals surface area contributed by atoms with Gasteiger partial charge in [0.15, 0.2) is 0 Å². The third kappa shape index (κ3) is 5.64. The summed E-state index contributed by atoms with van der Waals surface area (Å²) in [6.07, 6.45) is -1.33. The molecule has 2 aromatic rings. The summed E-state index contributed by atoms with van der Waals surface area (Å²) in [6, 6.07) is 11.2. The molecule has 0 aromatic heterocycles. The van der Waals surface area contributed by atoms with Crippen LogP contribution in [0, 0.1) is 10.1 Å². The number of rotatable bonds is 5. The van der Waals surface area contributed by atoms with Crippen LogP contribution in [0.15, 0.2) is 48.5 Å². The number of non-ortho nitro benzene ring substituents is 1. The SMILES string of the molecule is O=C(NC(Oc1ccc([N+](=O)[O-])cc1)C(Cl)(Cl)Cl)c1ccc(Cl)cc1. The molecule has 2 rings (SSSR count). The molecule has 0 aliphatic rings. The van der Waals surface area contributed by atoms with Crippen LogP contribution < -0.4 is 10.1 Å². The summed E-state index contributed by atoms with van der Waals surface area (Å²) in [4.78, 5) is 22.3. The predicted octanol–water partition coefficient (Wildman–Crippen LogP) is 4.75. The van der Waals surface area contributed by atoms with Gasteiger partial charge in [-0.05, 0) is 36.4 Å². The maximum atomic E-state index is 12.2. The Bertz CT molecular complexity index is 761. The van der Waals surface area contributed by atoms with Crippen molar-refractivity contribution in [1.82, 2.24) is 5.32 Å². The number of benzene rings is 2. The first-order valence-electron chi connectivity index (χ1n) is 6.71. The van der Waals surface area contributed by atoms with E-state index in [0.29, 0.717) is 5.02 Å². The van der Waals surface area contributed by atoms with E-state index >= 15 is 0 Å². The molecule has 0 saturated heterocycles. The summed E-state index contributed by atoms with van der Waals surface area (Å²) < 4.78 is 3.47. The van der Waals surface area contributed by atoms with Gasteiger partial charge in [0, 0.05) is 22.7 Å². The number of carbonyl (C=O) groups is 1. The van der Waals surface area contributed by atoms with E-state index in [1.165, 1.54) is 48.5 Å². The van der Waals surface area contributed by atoms with Gasteiger partial charge in [0.25, 0.3) is 11.6 Å². The standard InChI is InChI=1S/C15H10Cl4N2O4/c16-10-3-1-9(2-4-10)13(22)20-14(15(17,18)19)25-12-7-5-11(6-8-12)21(23)24/h1-8,14H,(H,20,22). The minimum absolute atomic E-state index is 0.122. The average Bonchev–Trinajstić information content (AvgIpc) is 2.54. The summed E-state index contributed by atoms with van der Waals surface area (Å²) in [5, 5.41) is 13.6. The van der Waals surface area contributed by atoms with Gasteiger partial charge in [0.2, 0.25) is 10.0 Å². The third-order valence-corrected chi connectivity index (χ3v) is 3.81. The van der Waals surface area contributed by atoms with Gasteiger partial charge in [-0.2, -0.15) is 0 Å². The predicted molar refractivity (Wildman–Crippen MR) is 96.7 cm³/mol. The normalized spacial score (nSPS) is 12.3. The first-order valence-corrected chi connectivity index (χ1v) is 8.22. The van der Waals surface area contributed by atoms with Crippen LogP contribution in [-0.4, -0.2) is 20.9 Å². The highest BCUT2D eigenvalue weighted by Gasteiger charge is 2.36. The van der Waals surface area contributed by atoms with E-state index in [0.717, 1.165) is 0 Å². The van der Waals surface area contributed by atoms with Crippen LogP contribution in [0.2, 0.25) is 5.02 Å². The zero-order chi connectivity index (χ0) is 18.6. The lowest BCUT2D eigenvalue weighted by molar-refractivity contribution is -0.384. The third-order valence-electron chi connectivity index (χ3n) is 2.97. The van der Waals surface area contributed by atoms with Crippen molar-refractivity contribution in [3.63, 3.8) is 0 Å². The molecule has 1 atom stereocenters. The molecule has 0 saturated carbocycles. The van der Waals surface area contributed by atoms with Crippen LogP contribution in [0.25, 0.3) is 0 Å². The van der Waals surface area contributed by atoms with Gasteiger partial charge in [-0.3, -0.25) is 14.9 Å². The lowest BCUT2D eigenvalue weighted by Crippen LogP contribution is -2.47. The fourth-order valence-corrected chi connectivity index (χ4v) is 2.19. The molecule has 0 bridgehead atoms. The Morgan fingerprint density at radius 1 is 1.08 bits per heavy atom. The van der Waals surface area contributed by atoms with Crippen molar-refractivity contribution in [1.29, 1.82) is 0 Å². The number of hydrogen-bond acceptors (Lipinski definition) is 4. The number of nitrogens with one attached hydrogen (secondary N) is 1. The zero-order valence-corrected chi connectivity index (χ0v) is 15.3. The Morgan fingerprint density at radius 2 is 1.64 bits per heavy atom. The monoisotopic (exact) mass is 422 g/mol. The molecule has 0 fully saturated rings. The van der Waals surface area contributed by atoms with Crippen LogP contribution in [-0.2, 0) is 0 Å². The number of halogens is 4. The number of nitrogens with zero attached hydrogens (tertiary/aromatic N) is 1. The molecule has 0 aliphatic carbocycles. The fraction of sp³-hybridized carbons (Fsp3) is 0.133. The van der Waals surface area contributed by atoms with E-state index in [1.807, 2.05) is 0 Å². The lowest BCUT2D eigenvalue weighted by atomic mass is 10.2. The van der Waals surface area contributed by atoms with Gasteiger partial charge < -0.3 is 10.1 Å². The number of amides is 1. The van der Waals surface area contributed by atoms with Crippen molar-refractivity contribution in [3.05, 3.63) is 69.2 Å². The van der Waals surface area contributed by atoms with Gasteiger partial charge in [-0.15, -0.1) is 0 Å². The number of alkyl halides is 3. The van der Waals surface area contributed by atoms with E-state index in [9.17, 15) is 14.9 Å². The van der Waals surface area contributed by atoms with Crippen LogP contribution in [0.5, 0.6) is 5.75 Å². The number of ether oxygens (including phenoxy) is 1. The Morgan fingerprint density at radius 3 is 2.12 bits per heavy atom. The topological polar surface area (TPSA) is 81.5 Å². The van der Waals surface area contributed by atoms with E-state index < -0.39 is 20.9 Å². The van der Waals surface area contributed by atoms with E-state index in [1.54, 1.807) is 0 Å². The van der Waals surface area contributed by atoms with Crippen molar-refractivity contribution in [3.8, 4) is 5.75 Å². The molecule has 0 aliphatic heterocycles. The van der Waals surface area contributed by atoms with Crippen molar-refractivity contribution in [2.75, 3.05) is 0 Å². The molecular weight excluding hydrogens is 414 g/mol. The van der Waals surface area contributed by atoms with Gasteiger partial charge in [-0.25, -0.2) is 0 Å². The van der Waals surface area contributed by atoms with Gasteiger partial charge in [0.05, 0.1) is 4.92 Å². The first-order chi connectivity index (χ1) is 11.7. The highest BCUT2D eigenvalue weighted by atomic mass is 35.6. The molecule has 1 N–H and O–H groups in total. The van der Waals surface area contributed by atoms with Gasteiger partial charge in [0.1, 0.15) is 5.75 Å². The first kappa shape index (κ1) is 19.6. The van der Waals surface area contributed by atoms with Crippen molar-refractivity contribution < 1.29 is 14.5 Å². The Balaban J connectivity index is 2.15. The summed E-state index contributed by atoms with van der Waals surface area (Å²) in [6.45, 7) is 0. The number of carbonyl (C=O) groups excluding carboxylic acids is 1. The largest absolute Gasteiger partial charge is 0.466 e. The fourth-order valence-electron chi connectivity index (χ4n) is 1.76. The molecule has 0 spiro atoms. The highest BCUT2D eigenvalue weighted by Crippen LogP contribution is 2.32. The maximum Gasteiger partial charge on any atom is 0.269 e. The van der Waals surface area contributed by atoms with Crippen LogP contribution >= 0.6 is 46.4 Å². The van der Waals surface area contributed by atoms with Gasteiger partial charge in [-0.1, -0.05) is 46.4 Å². The molecule has 25 heavy (non-hydrogen) atoms. The second-order valence-corrected chi connectivity index (χ2v) is 7.58. The molecule has 2 aromatic carbocycles. The molecule has 1 unspecified atom stereocenters. The highest BCUT2D eigenvalue weighted by molar-refractivity contribution is 6.68. The quantitative estimate of drug-likeness (QED) is 0.325. The Hall–Kier alpha value is -1.73. The van der Waals surface area contributed by atoms with Crippen molar-refractivity contribution >= 4 is 58.0 Å². The molecule has 10 heteroatoms. The second kappa shape index (κ2) is 8.10. The molecule has 1 amide bonds. The summed E-state index contributed by atoms with van der Waals surface area (Å²) in [7, 11) is 0. The number of hydrogen-bond donors (Lipinski definition) is 1. The molecule has 132 valence electrons. The smallest absolute Gasteiger partial charge is 0.269 e. The minimum atomic E-state index is -1.98. The zero-order valence-electron chi connectivity index (χ0n) is 12.3. The summed E-state index contributed by atoms with van der Waals surface area (Å²) in [5.74, 6) is -0.367. The van der Waals surface area contributed by atoms with Crippen LogP contribution in [0.3, 0.4) is 0 Å². The van der Waals surface area contributed by atoms with E-state index in [2.05, 4.69) is 5.32 Å². The Labute approximate surface area is 162 Å². The van der Waals surface area contributed by atoms with Crippen LogP contribution in [0.4, 0.5) is 5.69 Å². The van der Waals surface area contributed by atoms with Crippen LogP contribution in [0.1, 0.15) is 10.4 Å². The summed E-state index contributed by atoms with van der Waals surface area (Å²) >= 11 is 23.3. The maximum absolute atomic E-state index is 12.2. The lowest BCUT2D eigenvalue weighted by Gasteiger charge is -2.26. The molecular formula is C15H10Cl4N2O4. The van der Waals surface area contributed by atoms with E-state index in [4.69, 9.17) is 51.1 Å². The molecule has 0 heterocycles. The molecule has 6 nitrogen and oxygen atoms in total. The summed E-state index contributed by atoms with van der Waals surface area (Å²) in [5.41, 5.74) is 0.166. The van der Waals surface area contributed by atoms with Crippen molar-refractivity contribution in [2.24, 2.45) is 0 Å². The average molecular weight is 424 g/mol. The molecule has 0 radical (unpaired) electrons. The second-order valence-electron chi connectivity index (χ2n) is 4.77. The number of nitro groups is 1.